The Morgan fingerprint density at radius 2 is 2.12 bits per heavy atom. The molecule has 0 spiro atoms. The van der Waals surface area contributed by atoms with Gasteiger partial charge in [0.2, 0.25) is 5.24 Å². The van der Waals surface area contributed by atoms with E-state index >= 15 is 0 Å². The molecular weight excluding hydrogens is 124 g/mol. The fourth-order valence-electron chi connectivity index (χ4n) is 0.242. The molecule has 0 rings (SSSR count). The summed E-state index contributed by atoms with van der Waals surface area (Å²) in [6.45, 7) is 1.86. The first-order valence-electron chi connectivity index (χ1n) is 2.26. The maximum absolute atomic E-state index is 9.96. The van der Waals surface area contributed by atoms with Crippen molar-refractivity contribution in [3.8, 4) is 0 Å². The van der Waals surface area contributed by atoms with Gasteiger partial charge >= 0.3 is 0 Å². The minimum absolute atomic E-state index is 0.442. The monoisotopic (exact) mass is 130 g/mol. The molecule has 0 unspecified atom stereocenters. The lowest BCUT2D eigenvalue weighted by molar-refractivity contribution is -0.107. The summed E-state index contributed by atoms with van der Waals surface area (Å²) in [5, 5.41) is -0.442. The molecule has 0 saturated heterocycles. The van der Waals surface area contributed by atoms with Crippen molar-refractivity contribution in [2.75, 3.05) is 0 Å². The second-order valence-corrected chi connectivity index (χ2v) is 1.56. The minimum atomic E-state index is -0.442. The zero-order valence-electron chi connectivity index (χ0n) is 4.60. The lowest BCUT2D eigenvalue weighted by Gasteiger charge is -1.69. The molecule has 0 aromatic heterocycles. The van der Waals surface area contributed by atoms with E-state index in [1.165, 1.54) is 6.08 Å². The molecule has 0 N–H and O–H groups in total. The largest absolute Gasteiger partial charge is 0.276 e. The number of allylic oxidation sites excluding steroid dienone is 4. The Kier molecular flexibility index (Phi) is 4.27. The lowest BCUT2D eigenvalue weighted by atomic mass is 10.5. The maximum Gasteiger partial charge on any atom is 0.245 e. The fourth-order valence-corrected chi connectivity index (χ4v) is 0.315. The van der Waals surface area contributed by atoms with Crippen LogP contribution in [0.5, 0.6) is 0 Å². The number of halogens is 1. The van der Waals surface area contributed by atoms with Crippen LogP contribution >= 0.6 is 11.6 Å². The zero-order valence-corrected chi connectivity index (χ0v) is 5.35. The Morgan fingerprint density at radius 1 is 1.50 bits per heavy atom. The summed E-state index contributed by atoms with van der Waals surface area (Å²) in [6, 6.07) is 0. The number of hydrogen-bond acceptors (Lipinski definition) is 1. The van der Waals surface area contributed by atoms with Gasteiger partial charge < -0.3 is 0 Å². The number of carbonyl (C=O) groups excluding carboxylic acids is 1. The van der Waals surface area contributed by atoms with Gasteiger partial charge in [0.25, 0.3) is 0 Å². The van der Waals surface area contributed by atoms with Gasteiger partial charge in [0.05, 0.1) is 0 Å². The minimum Gasteiger partial charge on any atom is -0.276 e. The van der Waals surface area contributed by atoms with Crippen molar-refractivity contribution in [2.45, 2.75) is 6.92 Å². The lowest BCUT2D eigenvalue weighted by Crippen LogP contribution is -1.71. The van der Waals surface area contributed by atoms with E-state index in [0.717, 1.165) is 0 Å². The molecule has 0 aromatic carbocycles. The van der Waals surface area contributed by atoms with Crippen molar-refractivity contribution < 1.29 is 4.79 Å². The number of hydrogen-bond donors (Lipinski definition) is 0. The van der Waals surface area contributed by atoms with Gasteiger partial charge in [-0.05, 0) is 24.6 Å². The summed E-state index contributed by atoms with van der Waals surface area (Å²) < 4.78 is 0. The molecule has 0 saturated carbocycles. The van der Waals surface area contributed by atoms with Gasteiger partial charge in [-0.25, -0.2) is 0 Å². The van der Waals surface area contributed by atoms with Crippen LogP contribution in [-0.4, -0.2) is 5.24 Å². The quantitative estimate of drug-likeness (QED) is 0.317. The third kappa shape index (κ3) is 5.44. The number of carbonyl (C=O) groups is 1. The first kappa shape index (κ1) is 7.44. The van der Waals surface area contributed by atoms with E-state index in [2.05, 4.69) is 0 Å². The van der Waals surface area contributed by atoms with Crippen LogP contribution in [0.4, 0.5) is 0 Å². The molecule has 8 heavy (non-hydrogen) atoms. The molecule has 0 aromatic rings. The highest BCUT2D eigenvalue weighted by Gasteiger charge is 1.78. The Hall–Kier alpha value is -0.560. The van der Waals surface area contributed by atoms with Crippen molar-refractivity contribution in [1.29, 1.82) is 0 Å². The highest BCUT2D eigenvalue weighted by molar-refractivity contribution is 6.66. The Labute approximate surface area is 53.6 Å². The van der Waals surface area contributed by atoms with Crippen molar-refractivity contribution in [3.63, 3.8) is 0 Å². The summed E-state index contributed by atoms with van der Waals surface area (Å²) >= 11 is 4.95. The number of rotatable bonds is 2. The van der Waals surface area contributed by atoms with Gasteiger partial charge in [0.15, 0.2) is 0 Å². The first-order chi connectivity index (χ1) is 3.77. The van der Waals surface area contributed by atoms with Crippen molar-refractivity contribution in [3.05, 3.63) is 24.3 Å². The molecule has 0 aliphatic carbocycles. The second kappa shape index (κ2) is 4.60. The fraction of sp³-hybridized carbons (Fsp3) is 0.167. The van der Waals surface area contributed by atoms with E-state index in [9.17, 15) is 4.79 Å². The van der Waals surface area contributed by atoms with Crippen LogP contribution < -0.4 is 0 Å². The van der Waals surface area contributed by atoms with Crippen LogP contribution in [0.1, 0.15) is 6.92 Å². The van der Waals surface area contributed by atoms with Gasteiger partial charge in [-0.1, -0.05) is 18.2 Å². The first-order valence-corrected chi connectivity index (χ1v) is 2.64. The molecule has 0 radical (unpaired) electrons. The zero-order chi connectivity index (χ0) is 6.41. The van der Waals surface area contributed by atoms with Gasteiger partial charge in [0, 0.05) is 0 Å². The topological polar surface area (TPSA) is 17.1 Å². The summed E-state index contributed by atoms with van der Waals surface area (Å²) in [5.41, 5.74) is 0. The Morgan fingerprint density at radius 3 is 2.50 bits per heavy atom. The van der Waals surface area contributed by atoms with Crippen LogP contribution in [0, 0.1) is 0 Å². The summed E-state index contributed by atoms with van der Waals surface area (Å²) in [7, 11) is 0. The van der Waals surface area contributed by atoms with E-state index in [-0.39, 0.29) is 0 Å². The molecule has 1 nitrogen and oxygen atoms in total. The van der Waals surface area contributed by atoms with Crippen LogP contribution in [0.2, 0.25) is 0 Å². The molecule has 0 aliphatic heterocycles. The summed E-state index contributed by atoms with van der Waals surface area (Å²) in [5.74, 6) is 0. The maximum atomic E-state index is 9.96. The highest BCUT2D eigenvalue weighted by atomic mass is 35.5. The Balaban J connectivity index is 3.50. The average molecular weight is 131 g/mol. The van der Waals surface area contributed by atoms with Crippen molar-refractivity contribution in [1.82, 2.24) is 0 Å². The summed E-state index contributed by atoms with van der Waals surface area (Å²) in [6.07, 6.45) is 6.44. The molecule has 0 heterocycles. The highest BCUT2D eigenvalue weighted by Crippen LogP contribution is 1.82. The van der Waals surface area contributed by atoms with E-state index in [0.29, 0.717) is 0 Å². The molecule has 0 fully saturated rings. The van der Waals surface area contributed by atoms with E-state index in [4.69, 9.17) is 11.6 Å². The van der Waals surface area contributed by atoms with Crippen LogP contribution in [-0.2, 0) is 4.79 Å². The third-order valence-electron chi connectivity index (χ3n) is 0.531. The van der Waals surface area contributed by atoms with Gasteiger partial charge in [-0.2, -0.15) is 0 Å². The van der Waals surface area contributed by atoms with Crippen LogP contribution in [0.3, 0.4) is 0 Å². The molecule has 0 atom stereocenters. The molecular formula is C6H7ClO. The smallest absolute Gasteiger partial charge is 0.245 e. The van der Waals surface area contributed by atoms with E-state index < -0.39 is 5.24 Å². The molecule has 2 heteroatoms. The van der Waals surface area contributed by atoms with Crippen LogP contribution in [0.25, 0.3) is 0 Å². The van der Waals surface area contributed by atoms with Gasteiger partial charge in [-0.15, -0.1) is 0 Å². The Bertz CT molecular complexity index is 124. The van der Waals surface area contributed by atoms with E-state index in [1.54, 1.807) is 12.2 Å². The molecule has 0 aliphatic rings. The van der Waals surface area contributed by atoms with Crippen molar-refractivity contribution in [2.24, 2.45) is 0 Å². The third-order valence-corrected chi connectivity index (χ3v) is 0.657. The van der Waals surface area contributed by atoms with Gasteiger partial charge in [0.1, 0.15) is 0 Å². The second-order valence-electron chi connectivity index (χ2n) is 1.19. The van der Waals surface area contributed by atoms with Gasteiger partial charge in [-0.3, -0.25) is 4.79 Å². The van der Waals surface area contributed by atoms with Crippen molar-refractivity contribution >= 4 is 16.8 Å². The SMILES string of the molecule is CC=C/C=C/C(=O)Cl. The normalized spacial score (nSPS) is 11.2. The standard InChI is InChI=1S/C6H7ClO/c1-2-3-4-5-6(7)8/h2-5H,1H3/b3-2?,5-4+. The van der Waals surface area contributed by atoms with Crippen LogP contribution in [0.15, 0.2) is 24.3 Å². The molecule has 44 valence electrons. The summed E-state index contributed by atoms with van der Waals surface area (Å²) in [4.78, 5) is 9.96. The average Bonchev–Trinajstić information content (AvgIpc) is 1.66. The molecule has 0 amide bonds. The molecule has 0 bridgehead atoms. The predicted molar refractivity (Wildman–Crippen MR) is 34.8 cm³/mol. The predicted octanol–water partition coefficient (Wildman–Crippen LogP) is 1.88. The van der Waals surface area contributed by atoms with E-state index in [1.807, 2.05) is 13.0 Å².